The Morgan fingerprint density at radius 2 is 1.86 bits per heavy atom. The Bertz CT molecular complexity index is 1110. The molecule has 1 heterocycles. The Balaban J connectivity index is 1.96. The average molecular weight is 411 g/mol. The quantitative estimate of drug-likeness (QED) is 0.594. The van der Waals surface area contributed by atoms with E-state index < -0.39 is 10.0 Å². The normalized spacial score (nSPS) is 11.9. The number of benzene rings is 2. The Labute approximate surface area is 171 Å². The molecule has 0 radical (unpaired) electrons. The summed E-state index contributed by atoms with van der Waals surface area (Å²) in [5, 5.41) is 1.24. The summed E-state index contributed by atoms with van der Waals surface area (Å²) >= 11 is 0. The smallest absolute Gasteiger partial charge is 0.264 e. The number of fused-ring (bicyclic) bond motifs is 1. The Hall–Kier alpha value is -2.90. The van der Waals surface area contributed by atoms with Crippen molar-refractivity contribution >= 4 is 26.6 Å². The maximum absolute atomic E-state index is 13.5. The van der Waals surface area contributed by atoms with Crippen molar-refractivity contribution in [1.82, 2.24) is 9.29 Å². The predicted octanol–water partition coefficient (Wildman–Crippen LogP) is 3.22. The number of hydrogen-bond acceptors (Lipinski definition) is 5. The average Bonchev–Trinajstić information content (AvgIpc) is 2.73. The van der Waals surface area contributed by atoms with Crippen molar-refractivity contribution in [3.05, 3.63) is 78.1 Å². The lowest BCUT2D eigenvalue weighted by molar-refractivity contribution is 0.489. The number of sulfonamides is 1. The van der Waals surface area contributed by atoms with Crippen LogP contribution in [0.1, 0.15) is 17.5 Å². The summed E-state index contributed by atoms with van der Waals surface area (Å²) in [5.41, 5.74) is 13.5. The van der Waals surface area contributed by atoms with Gasteiger partial charge in [-0.2, -0.15) is 0 Å². The van der Waals surface area contributed by atoms with Crippen molar-refractivity contribution in [3.63, 3.8) is 0 Å². The topological polar surface area (TPSA) is 102 Å². The Kier molecular flexibility index (Phi) is 6.51. The third-order valence-corrected chi connectivity index (χ3v) is 6.59. The molecule has 0 aliphatic rings. The number of nitrogens with zero attached hydrogens (tertiary/aromatic N) is 2. The molecule has 4 N–H and O–H groups in total. The molecule has 0 spiro atoms. The highest BCUT2D eigenvalue weighted by Gasteiger charge is 2.25. The molecule has 0 saturated carbocycles. The molecule has 0 fully saturated rings. The lowest BCUT2D eigenvalue weighted by Gasteiger charge is -2.22. The van der Waals surface area contributed by atoms with E-state index in [2.05, 4.69) is 4.98 Å². The van der Waals surface area contributed by atoms with Crippen LogP contribution in [0.2, 0.25) is 0 Å². The van der Waals surface area contributed by atoms with E-state index in [1.54, 1.807) is 36.7 Å². The molecule has 29 heavy (non-hydrogen) atoms. The minimum atomic E-state index is -3.79. The molecule has 0 amide bonds. The second kappa shape index (κ2) is 9.07. The molecule has 0 aliphatic heterocycles. The van der Waals surface area contributed by atoms with Crippen LogP contribution >= 0.6 is 0 Å². The minimum absolute atomic E-state index is 0.225. The Morgan fingerprint density at radius 3 is 2.59 bits per heavy atom. The summed E-state index contributed by atoms with van der Waals surface area (Å²) in [6.07, 6.45) is 6.28. The first-order chi connectivity index (χ1) is 13.9. The predicted molar refractivity (Wildman–Crippen MR) is 118 cm³/mol. The number of nitrogens with two attached hydrogens (primary N) is 2. The molecule has 2 aromatic carbocycles. The zero-order chi connectivity index (χ0) is 20.9. The van der Waals surface area contributed by atoms with Crippen LogP contribution in [0.25, 0.3) is 10.8 Å². The molecule has 0 bridgehead atoms. The Morgan fingerprint density at radius 1 is 1.10 bits per heavy atom. The maximum Gasteiger partial charge on any atom is 0.264 e. The van der Waals surface area contributed by atoms with Gasteiger partial charge in [0, 0.05) is 36.3 Å². The number of anilines is 1. The number of nitrogen functional groups attached to an aromatic ring is 1. The van der Waals surface area contributed by atoms with Crippen LogP contribution in [0.5, 0.6) is 0 Å². The number of rotatable bonds is 8. The van der Waals surface area contributed by atoms with Gasteiger partial charge in [0.05, 0.1) is 4.90 Å². The van der Waals surface area contributed by atoms with E-state index in [0.29, 0.717) is 29.6 Å². The summed E-state index contributed by atoms with van der Waals surface area (Å²) in [6.45, 7) is 2.45. The fraction of sp³-hybridized carbons (Fsp3) is 0.227. The van der Waals surface area contributed by atoms with Crippen LogP contribution in [0.3, 0.4) is 0 Å². The lowest BCUT2D eigenvalue weighted by atomic mass is 10.1. The van der Waals surface area contributed by atoms with E-state index in [1.807, 2.05) is 37.3 Å². The molecule has 3 aromatic rings. The fourth-order valence-corrected chi connectivity index (χ4v) is 4.98. The zero-order valence-electron chi connectivity index (χ0n) is 16.5. The van der Waals surface area contributed by atoms with Gasteiger partial charge >= 0.3 is 0 Å². The van der Waals surface area contributed by atoms with Gasteiger partial charge in [0.2, 0.25) is 0 Å². The molecule has 0 saturated heterocycles. The van der Waals surface area contributed by atoms with E-state index in [9.17, 15) is 8.42 Å². The number of aromatic nitrogens is 1. The van der Waals surface area contributed by atoms with Crippen LogP contribution in [-0.2, 0) is 16.4 Å². The molecule has 0 aliphatic carbocycles. The van der Waals surface area contributed by atoms with E-state index in [1.165, 1.54) is 9.87 Å². The summed E-state index contributed by atoms with van der Waals surface area (Å²) < 4.78 is 28.4. The summed E-state index contributed by atoms with van der Waals surface area (Å²) in [5.74, 6) is 0.316. The van der Waals surface area contributed by atoms with E-state index >= 15 is 0 Å². The highest BCUT2D eigenvalue weighted by atomic mass is 32.2. The van der Waals surface area contributed by atoms with E-state index in [0.717, 1.165) is 12.0 Å². The van der Waals surface area contributed by atoms with Gasteiger partial charge in [0.15, 0.2) is 0 Å². The first-order valence-electron chi connectivity index (χ1n) is 9.51. The van der Waals surface area contributed by atoms with Crippen molar-refractivity contribution < 1.29 is 8.42 Å². The van der Waals surface area contributed by atoms with Gasteiger partial charge in [-0.15, -0.1) is 0 Å². The van der Waals surface area contributed by atoms with Crippen LogP contribution in [-0.4, -0.2) is 30.8 Å². The van der Waals surface area contributed by atoms with Crippen molar-refractivity contribution in [3.8, 4) is 0 Å². The third kappa shape index (κ3) is 4.58. The summed E-state index contributed by atoms with van der Waals surface area (Å²) in [7, 11) is -3.79. The highest BCUT2D eigenvalue weighted by Crippen LogP contribution is 2.31. The van der Waals surface area contributed by atoms with Gasteiger partial charge in [-0.05, 0) is 37.0 Å². The molecule has 7 heteroatoms. The van der Waals surface area contributed by atoms with Gasteiger partial charge in [0.25, 0.3) is 10.0 Å². The first kappa shape index (κ1) is 20.8. The largest absolute Gasteiger partial charge is 0.383 e. The van der Waals surface area contributed by atoms with Gasteiger partial charge < -0.3 is 11.5 Å². The van der Waals surface area contributed by atoms with Gasteiger partial charge in [-0.1, -0.05) is 48.5 Å². The summed E-state index contributed by atoms with van der Waals surface area (Å²) in [4.78, 5) is 4.37. The van der Waals surface area contributed by atoms with E-state index in [4.69, 9.17) is 11.5 Å². The molecule has 1 aromatic heterocycles. The van der Waals surface area contributed by atoms with Crippen LogP contribution in [0, 0.1) is 6.92 Å². The standard InChI is InChI=1S/C22H26N4O2S/c1-17-16-25-22(24)19-11-5-12-20(21(17)19)29(27,28)26(15-7-13-23)14-6-10-18-8-3-2-4-9-18/h2-5,7-9,11-12,15-16H,6,10,13-14,23H2,1H3,(H2,24,25). The van der Waals surface area contributed by atoms with Crippen molar-refractivity contribution in [1.29, 1.82) is 0 Å². The van der Waals surface area contributed by atoms with Gasteiger partial charge in [-0.25, -0.2) is 13.4 Å². The molecular weight excluding hydrogens is 384 g/mol. The third-order valence-electron chi connectivity index (χ3n) is 4.77. The van der Waals surface area contributed by atoms with Crippen LogP contribution in [0.4, 0.5) is 5.82 Å². The molecule has 3 rings (SSSR count). The zero-order valence-corrected chi connectivity index (χ0v) is 17.3. The summed E-state index contributed by atoms with van der Waals surface area (Å²) in [6, 6.07) is 15.1. The van der Waals surface area contributed by atoms with Crippen molar-refractivity contribution in [2.75, 3.05) is 18.8 Å². The number of pyridine rings is 1. The first-order valence-corrected chi connectivity index (χ1v) is 11.0. The van der Waals surface area contributed by atoms with Crippen LogP contribution in [0.15, 0.2) is 71.9 Å². The van der Waals surface area contributed by atoms with E-state index in [-0.39, 0.29) is 11.4 Å². The molecule has 0 atom stereocenters. The SMILES string of the molecule is Cc1cnc(N)c2cccc(S(=O)(=O)N(C=CCN)CCCc3ccccc3)c12. The van der Waals surface area contributed by atoms with Gasteiger partial charge in [0.1, 0.15) is 5.82 Å². The number of hydrogen-bond donors (Lipinski definition) is 2. The second-order valence-electron chi connectivity index (χ2n) is 6.83. The minimum Gasteiger partial charge on any atom is -0.383 e. The molecular formula is C22H26N4O2S. The van der Waals surface area contributed by atoms with Crippen molar-refractivity contribution in [2.45, 2.75) is 24.7 Å². The monoisotopic (exact) mass is 410 g/mol. The molecule has 0 unspecified atom stereocenters. The maximum atomic E-state index is 13.5. The highest BCUT2D eigenvalue weighted by molar-refractivity contribution is 7.89. The number of aryl methyl sites for hydroxylation is 2. The second-order valence-corrected chi connectivity index (χ2v) is 8.69. The fourth-order valence-electron chi connectivity index (χ4n) is 3.33. The molecule has 152 valence electrons. The van der Waals surface area contributed by atoms with Crippen LogP contribution < -0.4 is 11.5 Å². The lowest BCUT2D eigenvalue weighted by Crippen LogP contribution is -2.28. The van der Waals surface area contributed by atoms with Crippen molar-refractivity contribution in [2.24, 2.45) is 5.73 Å². The molecule has 6 nitrogen and oxygen atoms in total. The van der Waals surface area contributed by atoms with Gasteiger partial charge in [-0.3, -0.25) is 4.31 Å².